The van der Waals surface area contributed by atoms with Crippen molar-refractivity contribution < 1.29 is 14.3 Å². The SMILES string of the molecule is CC(C)c1ccc(CCc2ocnc2C(=O)O)cc1. The number of hydrogen-bond donors (Lipinski definition) is 1. The number of carbonyl (C=O) groups is 1. The van der Waals surface area contributed by atoms with E-state index in [0.29, 0.717) is 18.1 Å². The summed E-state index contributed by atoms with van der Waals surface area (Å²) >= 11 is 0. The summed E-state index contributed by atoms with van der Waals surface area (Å²) in [7, 11) is 0. The molecule has 0 radical (unpaired) electrons. The highest BCUT2D eigenvalue weighted by Crippen LogP contribution is 2.16. The van der Waals surface area contributed by atoms with Crippen LogP contribution in [-0.2, 0) is 12.8 Å². The minimum Gasteiger partial charge on any atom is -0.476 e. The van der Waals surface area contributed by atoms with Crippen molar-refractivity contribution in [3.8, 4) is 0 Å². The van der Waals surface area contributed by atoms with Crippen LogP contribution in [0.25, 0.3) is 0 Å². The summed E-state index contributed by atoms with van der Waals surface area (Å²) in [6.45, 7) is 4.31. The molecule has 4 heteroatoms. The molecule has 4 nitrogen and oxygen atoms in total. The van der Waals surface area contributed by atoms with Gasteiger partial charge in [0.2, 0.25) is 0 Å². The van der Waals surface area contributed by atoms with Gasteiger partial charge in [0.1, 0.15) is 5.76 Å². The average Bonchev–Trinajstić information content (AvgIpc) is 2.85. The molecule has 0 saturated carbocycles. The molecule has 100 valence electrons. The summed E-state index contributed by atoms with van der Waals surface area (Å²) in [5.74, 6) is -0.0960. The average molecular weight is 259 g/mol. The number of nitrogens with zero attached hydrogens (tertiary/aromatic N) is 1. The Morgan fingerprint density at radius 1 is 1.26 bits per heavy atom. The molecule has 0 aliphatic carbocycles. The van der Waals surface area contributed by atoms with E-state index in [2.05, 4.69) is 43.1 Å². The van der Waals surface area contributed by atoms with Crippen LogP contribution in [-0.4, -0.2) is 16.1 Å². The molecule has 0 fully saturated rings. The van der Waals surface area contributed by atoms with Gasteiger partial charge in [0.25, 0.3) is 0 Å². The number of benzene rings is 1. The Morgan fingerprint density at radius 2 is 1.95 bits per heavy atom. The van der Waals surface area contributed by atoms with E-state index < -0.39 is 5.97 Å². The Morgan fingerprint density at radius 3 is 2.53 bits per heavy atom. The zero-order chi connectivity index (χ0) is 13.8. The predicted octanol–water partition coefficient (Wildman–Crippen LogP) is 3.28. The van der Waals surface area contributed by atoms with Crippen LogP contribution in [0.3, 0.4) is 0 Å². The quantitative estimate of drug-likeness (QED) is 0.895. The highest BCUT2D eigenvalue weighted by Gasteiger charge is 2.14. The second kappa shape index (κ2) is 5.69. The maximum absolute atomic E-state index is 10.9. The van der Waals surface area contributed by atoms with E-state index in [1.54, 1.807) is 0 Å². The maximum Gasteiger partial charge on any atom is 0.358 e. The van der Waals surface area contributed by atoms with Gasteiger partial charge in [-0.05, 0) is 23.5 Å². The summed E-state index contributed by atoms with van der Waals surface area (Å²) in [4.78, 5) is 14.6. The minimum absolute atomic E-state index is 0.0128. The first-order valence-electron chi connectivity index (χ1n) is 6.32. The summed E-state index contributed by atoms with van der Waals surface area (Å²) in [6.07, 6.45) is 2.47. The number of rotatable bonds is 5. The van der Waals surface area contributed by atoms with E-state index in [4.69, 9.17) is 9.52 Å². The van der Waals surface area contributed by atoms with Gasteiger partial charge in [-0.3, -0.25) is 0 Å². The molecule has 1 heterocycles. The third-order valence-corrected chi connectivity index (χ3v) is 3.13. The van der Waals surface area contributed by atoms with Crippen molar-refractivity contribution in [2.45, 2.75) is 32.6 Å². The molecule has 1 aromatic carbocycles. The molecule has 0 atom stereocenters. The highest BCUT2D eigenvalue weighted by molar-refractivity contribution is 5.86. The highest BCUT2D eigenvalue weighted by atomic mass is 16.4. The van der Waals surface area contributed by atoms with Crippen molar-refractivity contribution in [2.24, 2.45) is 0 Å². The van der Waals surface area contributed by atoms with Crippen LogP contribution in [0.5, 0.6) is 0 Å². The zero-order valence-corrected chi connectivity index (χ0v) is 11.1. The molecular weight excluding hydrogens is 242 g/mol. The van der Waals surface area contributed by atoms with Crippen LogP contribution >= 0.6 is 0 Å². The van der Waals surface area contributed by atoms with Crippen molar-refractivity contribution in [3.63, 3.8) is 0 Å². The molecule has 0 unspecified atom stereocenters. The third-order valence-electron chi connectivity index (χ3n) is 3.13. The lowest BCUT2D eigenvalue weighted by molar-refractivity contribution is 0.0689. The smallest absolute Gasteiger partial charge is 0.358 e. The van der Waals surface area contributed by atoms with Crippen molar-refractivity contribution in [3.05, 3.63) is 53.2 Å². The van der Waals surface area contributed by atoms with Crippen molar-refractivity contribution in [1.29, 1.82) is 0 Å². The molecule has 0 spiro atoms. The first-order valence-corrected chi connectivity index (χ1v) is 6.32. The summed E-state index contributed by atoms with van der Waals surface area (Å²) in [6, 6.07) is 8.37. The van der Waals surface area contributed by atoms with E-state index in [1.807, 2.05) is 0 Å². The molecular formula is C15H17NO3. The first kappa shape index (κ1) is 13.3. The fraction of sp³-hybridized carbons (Fsp3) is 0.333. The van der Waals surface area contributed by atoms with Crippen LogP contribution in [0, 0.1) is 0 Å². The van der Waals surface area contributed by atoms with Crippen LogP contribution in [0.2, 0.25) is 0 Å². The van der Waals surface area contributed by atoms with Crippen LogP contribution in [0.1, 0.15) is 47.1 Å². The number of aromatic nitrogens is 1. The van der Waals surface area contributed by atoms with Gasteiger partial charge >= 0.3 is 5.97 Å². The van der Waals surface area contributed by atoms with Gasteiger partial charge in [-0.15, -0.1) is 0 Å². The molecule has 0 aliphatic rings. The van der Waals surface area contributed by atoms with Crippen molar-refractivity contribution in [2.75, 3.05) is 0 Å². The molecule has 2 aromatic rings. The molecule has 19 heavy (non-hydrogen) atoms. The standard InChI is InChI=1S/C15H17NO3/c1-10(2)12-6-3-11(4-7-12)5-8-13-14(15(17)18)16-9-19-13/h3-4,6-7,9-10H,5,8H2,1-2H3,(H,17,18). The molecule has 0 amide bonds. The van der Waals surface area contributed by atoms with E-state index in [9.17, 15) is 4.79 Å². The lowest BCUT2D eigenvalue weighted by atomic mass is 10.00. The Kier molecular flexibility index (Phi) is 4.00. The zero-order valence-electron chi connectivity index (χ0n) is 11.1. The Hall–Kier alpha value is -2.10. The topological polar surface area (TPSA) is 63.3 Å². The van der Waals surface area contributed by atoms with Gasteiger partial charge in [-0.2, -0.15) is 0 Å². The maximum atomic E-state index is 10.9. The van der Waals surface area contributed by atoms with E-state index in [1.165, 1.54) is 12.0 Å². The van der Waals surface area contributed by atoms with Gasteiger partial charge in [0.05, 0.1) is 0 Å². The molecule has 0 bridgehead atoms. The van der Waals surface area contributed by atoms with Gasteiger partial charge < -0.3 is 9.52 Å². The minimum atomic E-state index is -1.04. The van der Waals surface area contributed by atoms with Crippen molar-refractivity contribution >= 4 is 5.97 Å². The Labute approximate surface area is 112 Å². The van der Waals surface area contributed by atoms with Gasteiger partial charge in [0.15, 0.2) is 12.1 Å². The van der Waals surface area contributed by atoms with Crippen molar-refractivity contribution in [1.82, 2.24) is 4.98 Å². The van der Waals surface area contributed by atoms with E-state index >= 15 is 0 Å². The van der Waals surface area contributed by atoms with E-state index in [0.717, 1.165) is 12.0 Å². The van der Waals surface area contributed by atoms with E-state index in [-0.39, 0.29) is 5.69 Å². The number of carboxylic acids is 1. The van der Waals surface area contributed by atoms with Gasteiger partial charge in [0, 0.05) is 6.42 Å². The predicted molar refractivity (Wildman–Crippen MR) is 71.4 cm³/mol. The van der Waals surface area contributed by atoms with Crippen LogP contribution in [0.15, 0.2) is 35.1 Å². The Bertz CT molecular complexity index is 555. The first-order chi connectivity index (χ1) is 9.08. The lowest BCUT2D eigenvalue weighted by Crippen LogP contribution is -2.02. The summed E-state index contributed by atoms with van der Waals surface area (Å²) in [5, 5.41) is 8.93. The molecule has 1 aromatic heterocycles. The number of aryl methyl sites for hydroxylation is 2. The second-order valence-electron chi connectivity index (χ2n) is 4.83. The van der Waals surface area contributed by atoms with Gasteiger partial charge in [-0.1, -0.05) is 38.1 Å². The fourth-order valence-electron chi connectivity index (χ4n) is 1.95. The monoisotopic (exact) mass is 259 g/mol. The molecule has 0 saturated heterocycles. The summed E-state index contributed by atoms with van der Waals surface area (Å²) in [5.41, 5.74) is 2.48. The molecule has 1 N–H and O–H groups in total. The number of aromatic carboxylic acids is 1. The van der Waals surface area contributed by atoms with Gasteiger partial charge in [-0.25, -0.2) is 9.78 Å². The second-order valence-corrected chi connectivity index (χ2v) is 4.83. The largest absolute Gasteiger partial charge is 0.476 e. The van der Waals surface area contributed by atoms with Crippen LogP contribution < -0.4 is 0 Å². The normalized spacial score (nSPS) is 10.9. The number of carboxylic acid groups (broad SMARTS) is 1. The van der Waals surface area contributed by atoms with Crippen LogP contribution in [0.4, 0.5) is 0 Å². The lowest BCUT2D eigenvalue weighted by Gasteiger charge is -2.06. The molecule has 0 aliphatic heterocycles. The molecule has 2 rings (SSSR count). The number of oxazole rings is 1. The third kappa shape index (κ3) is 3.22. The summed E-state index contributed by atoms with van der Waals surface area (Å²) < 4.78 is 5.12. The Balaban J connectivity index is 2.02. The number of hydrogen-bond acceptors (Lipinski definition) is 3. The fourth-order valence-corrected chi connectivity index (χ4v) is 1.95.